The van der Waals surface area contributed by atoms with E-state index < -0.39 is 0 Å². The second-order valence-corrected chi connectivity index (χ2v) is 4.74. The highest BCUT2D eigenvalue weighted by atomic mass is 32.2. The third-order valence-electron chi connectivity index (χ3n) is 2.54. The third-order valence-corrected chi connectivity index (χ3v) is 3.28. The number of thioether (sulfide) groups is 1. The summed E-state index contributed by atoms with van der Waals surface area (Å²) in [5.74, 6) is -0.266. The van der Waals surface area contributed by atoms with Gasteiger partial charge in [-0.3, -0.25) is 4.79 Å². The van der Waals surface area contributed by atoms with Crippen LogP contribution in [-0.4, -0.2) is 29.8 Å². The molecule has 4 N–H and O–H groups in total. The Hall–Kier alpha value is -1.69. The first-order valence-corrected chi connectivity index (χ1v) is 6.70. The molecule has 0 aliphatic rings. The van der Waals surface area contributed by atoms with Gasteiger partial charge in [-0.15, -0.1) is 11.8 Å². The normalized spacial score (nSPS) is 13.1. The zero-order valence-corrected chi connectivity index (χ0v) is 11.2. The van der Waals surface area contributed by atoms with E-state index in [9.17, 15) is 4.79 Å². The van der Waals surface area contributed by atoms with E-state index in [0.29, 0.717) is 12.1 Å². The minimum absolute atomic E-state index is 0.105. The summed E-state index contributed by atoms with van der Waals surface area (Å²) in [6, 6.07) is 7.34. The fraction of sp³-hybridized carbons (Fsp3) is 0.333. The van der Waals surface area contributed by atoms with Gasteiger partial charge in [-0.2, -0.15) is 0 Å². The molecule has 0 aliphatic heterocycles. The monoisotopic (exact) mass is 267 g/mol. The maximum Gasteiger partial charge on any atom is 0.251 e. The van der Waals surface area contributed by atoms with E-state index in [2.05, 4.69) is 10.5 Å². The highest BCUT2D eigenvalue weighted by Crippen LogP contribution is 2.14. The van der Waals surface area contributed by atoms with Crippen LogP contribution >= 0.6 is 11.8 Å². The molecule has 0 saturated carbocycles. The Morgan fingerprint density at radius 1 is 1.50 bits per heavy atom. The quantitative estimate of drug-likeness (QED) is 0.248. The summed E-state index contributed by atoms with van der Waals surface area (Å²) >= 11 is 1.62. The van der Waals surface area contributed by atoms with Crippen LogP contribution in [0, 0.1) is 5.92 Å². The van der Waals surface area contributed by atoms with Gasteiger partial charge in [0.05, 0.1) is 0 Å². The van der Waals surface area contributed by atoms with Gasteiger partial charge in [-0.1, -0.05) is 12.1 Å². The lowest BCUT2D eigenvalue weighted by atomic mass is 10.1. The summed E-state index contributed by atoms with van der Waals surface area (Å²) in [5.41, 5.74) is 6.02. The molecule has 18 heavy (non-hydrogen) atoms. The van der Waals surface area contributed by atoms with Crippen LogP contribution in [0.3, 0.4) is 0 Å². The van der Waals surface area contributed by atoms with Gasteiger partial charge in [-0.25, -0.2) is 0 Å². The standard InChI is InChI=1S/C12H17N3O2S/c1-8(11(13)15-17)7-14-12(16)9-3-5-10(18-2)6-4-9/h3-6,8,17H,7H2,1-2H3,(H2,13,15)(H,14,16). The number of hydrogen-bond donors (Lipinski definition) is 3. The van der Waals surface area contributed by atoms with Crippen LogP contribution in [-0.2, 0) is 0 Å². The molecule has 0 aromatic heterocycles. The van der Waals surface area contributed by atoms with Gasteiger partial charge in [0.2, 0.25) is 0 Å². The van der Waals surface area contributed by atoms with Crippen molar-refractivity contribution in [2.45, 2.75) is 11.8 Å². The lowest BCUT2D eigenvalue weighted by molar-refractivity contribution is 0.0951. The molecule has 6 heteroatoms. The van der Waals surface area contributed by atoms with Gasteiger partial charge >= 0.3 is 0 Å². The van der Waals surface area contributed by atoms with E-state index in [1.807, 2.05) is 18.4 Å². The molecule has 0 spiro atoms. The minimum Gasteiger partial charge on any atom is -0.409 e. The average molecular weight is 267 g/mol. The van der Waals surface area contributed by atoms with Crippen LogP contribution in [0.15, 0.2) is 34.3 Å². The molecule has 1 atom stereocenters. The topological polar surface area (TPSA) is 87.7 Å². The molecule has 0 saturated heterocycles. The number of nitrogens with two attached hydrogens (primary N) is 1. The summed E-state index contributed by atoms with van der Waals surface area (Å²) in [5, 5.41) is 14.1. The molecule has 1 rings (SSSR count). The predicted octanol–water partition coefficient (Wildman–Crippen LogP) is 1.52. The van der Waals surface area contributed by atoms with Crippen molar-refractivity contribution >= 4 is 23.5 Å². The molecular weight excluding hydrogens is 250 g/mol. The van der Waals surface area contributed by atoms with Crippen molar-refractivity contribution < 1.29 is 10.0 Å². The molecule has 5 nitrogen and oxygen atoms in total. The molecule has 1 amide bonds. The van der Waals surface area contributed by atoms with E-state index in [4.69, 9.17) is 10.9 Å². The van der Waals surface area contributed by atoms with Gasteiger partial charge in [0.1, 0.15) is 5.84 Å². The number of nitrogens with zero attached hydrogens (tertiary/aromatic N) is 1. The van der Waals surface area contributed by atoms with E-state index >= 15 is 0 Å². The second kappa shape index (κ2) is 6.90. The van der Waals surface area contributed by atoms with Crippen LogP contribution in [0.25, 0.3) is 0 Å². The van der Waals surface area contributed by atoms with E-state index in [1.54, 1.807) is 30.8 Å². The van der Waals surface area contributed by atoms with E-state index in [0.717, 1.165) is 4.90 Å². The summed E-state index contributed by atoms with van der Waals surface area (Å²) in [6.07, 6.45) is 1.98. The first-order chi connectivity index (χ1) is 8.58. The van der Waals surface area contributed by atoms with E-state index in [1.165, 1.54) is 0 Å². The summed E-state index contributed by atoms with van der Waals surface area (Å²) in [4.78, 5) is 12.9. The number of benzene rings is 1. The highest BCUT2D eigenvalue weighted by molar-refractivity contribution is 7.98. The van der Waals surface area contributed by atoms with Crippen molar-refractivity contribution in [3.8, 4) is 0 Å². The van der Waals surface area contributed by atoms with Gasteiger partial charge in [0, 0.05) is 22.9 Å². The highest BCUT2D eigenvalue weighted by Gasteiger charge is 2.10. The lowest BCUT2D eigenvalue weighted by Gasteiger charge is -2.11. The Balaban J connectivity index is 2.55. The average Bonchev–Trinajstić information content (AvgIpc) is 2.43. The maximum absolute atomic E-state index is 11.8. The van der Waals surface area contributed by atoms with Crippen LogP contribution in [0.5, 0.6) is 0 Å². The SMILES string of the molecule is CSc1ccc(C(=O)NCC(C)C(N)=NO)cc1. The van der Waals surface area contributed by atoms with Crippen molar-refractivity contribution in [1.82, 2.24) is 5.32 Å². The van der Waals surface area contributed by atoms with Gasteiger partial charge in [-0.05, 0) is 30.5 Å². The van der Waals surface area contributed by atoms with Crippen LogP contribution in [0.2, 0.25) is 0 Å². The van der Waals surface area contributed by atoms with Crippen molar-refractivity contribution in [3.05, 3.63) is 29.8 Å². The van der Waals surface area contributed by atoms with Crippen molar-refractivity contribution in [3.63, 3.8) is 0 Å². The molecule has 0 fully saturated rings. The fourth-order valence-corrected chi connectivity index (χ4v) is 1.70. The van der Waals surface area contributed by atoms with E-state index in [-0.39, 0.29) is 17.7 Å². The van der Waals surface area contributed by atoms with Crippen molar-refractivity contribution in [2.75, 3.05) is 12.8 Å². The fourth-order valence-electron chi connectivity index (χ4n) is 1.29. The molecule has 0 aliphatic carbocycles. The molecule has 1 unspecified atom stereocenters. The Bertz CT molecular complexity index is 431. The number of nitrogens with one attached hydrogen (secondary N) is 1. The number of rotatable bonds is 5. The Morgan fingerprint density at radius 3 is 2.61 bits per heavy atom. The lowest BCUT2D eigenvalue weighted by Crippen LogP contribution is -2.34. The molecule has 0 heterocycles. The smallest absolute Gasteiger partial charge is 0.251 e. The van der Waals surface area contributed by atoms with Crippen LogP contribution in [0.1, 0.15) is 17.3 Å². The molecule has 0 bridgehead atoms. The largest absolute Gasteiger partial charge is 0.409 e. The number of carbonyl (C=O) groups is 1. The van der Waals surface area contributed by atoms with Crippen molar-refractivity contribution in [2.24, 2.45) is 16.8 Å². The number of oxime groups is 1. The maximum atomic E-state index is 11.8. The number of hydrogen-bond acceptors (Lipinski definition) is 4. The number of amides is 1. The zero-order chi connectivity index (χ0) is 13.5. The van der Waals surface area contributed by atoms with Gasteiger partial charge in [0.25, 0.3) is 5.91 Å². The molecule has 98 valence electrons. The van der Waals surface area contributed by atoms with Crippen molar-refractivity contribution in [1.29, 1.82) is 0 Å². The summed E-state index contributed by atoms with van der Waals surface area (Å²) in [7, 11) is 0. The Kier molecular flexibility index (Phi) is 5.51. The first kappa shape index (κ1) is 14.4. The predicted molar refractivity (Wildman–Crippen MR) is 73.1 cm³/mol. The number of amidine groups is 1. The van der Waals surface area contributed by atoms with Crippen LogP contribution < -0.4 is 11.1 Å². The second-order valence-electron chi connectivity index (χ2n) is 3.86. The summed E-state index contributed by atoms with van der Waals surface area (Å²) in [6.45, 7) is 2.10. The Labute approximate surface area is 110 Å². The van der Waals surface area contributed by atoms with Crippen LogP contribution in [0.4, 0.5) is 0 Å². The number of carbonyl (C=O) groups excluding carboxylic acids is 1. The summed E-state index contributed by atoms with van der Waals surface area (Å²) < 4.78 is 0. The first-order valence-electron chi connectivity index (χ1n) is 5.48. The van der Waals surface area contributed by atoms with Gasteiger partial charge in [0.15, 0.2) is 0 Å². The molecule has 0 radical (unpaired) electrons. The molecule has 1 aromatic rings. The zero-order valence-electron chi connectivity index (χ0n) is 10.4. The Morgan fingerprint density at radius 2 is 2.11 bits per heavy atom. The molecule has 1 aromatic carbocycles. The third kappa shape index (κ3) is 3.96. The minimum atomic E-state index is -0.204. The van der Waals surface area contributed by atoms with Gasteiger partial charge < -0.3 is 16.3 Å². The molecular formula is C12H17N3O2S.